The number of methoxy groups -OCH3 is 1. The van der Waals surface area contributed by atoms with Gasteiger partial charge in [-0.1, -0.05) is 23.7 Å². The van der Waals surface area contributed by atoms with Gasteiger partial charge < -0.3 is 15.0 Å². The van der Waals surface area contributed by atoms with Gasteiger partial charge in [0.25, 0.3) is 5.91 Å². The number of aliphatic imine (C=N–C) groups is 1. The highest BCUT2D eigenvalue weighted by Gasteiger charge is 2.31. The van der Waals surface area contributed by atoms with Gasteiger partial charge in [-0.25, -0.2) is 4.99 Å². The van der Waals surface area contributed by atoms with Gasteiger partial charge in [-0.3, -0.25) is 4.79 Å². The normalized spacial score (nSPS) is 19.5. The number of carbonyl (C=O) groups excluding carboxylic acids is 1. The fourth-order valence-corrected chi connectivity index (χ4v) is 5.43. The van der Waals surface area contributed by atoms with Crippen molar-refractivity contribution >= 4 is 57.5 Å². The third-order valence-electron chi connectivity index (χ3n) is 6.04. The van der Waals surface area contributed by atoms with E-state index in [0.717, 1.165) is 40.4 Å². The first-order valence-electron chi connectivity index (χ1n) is 10.9. The molecule has 2 aromatic rings. The third kappa shape index (κ3) is 4.42. The number of amides is 1. The molecule has 172 valence electrons. The van der Waals surface area contributed by atoms with Crippen LogP contribution in [0, 0.1) is 6.92 Å². The number of hydrogen-bond acceptors (Lipinski definition) is 5. The average molecular weight is 482 g/mol. The summed E-state index contributed by atoms with van der Waals surface area (Å²) < 4.78 is 5.73. The number of nitrogens with one attached hydrogen (secondary N) is 1. The number of anilines is 1. The molecule has 0 unspecified atom stereocenters. The van der Waals surface area contributed by atoms with E-state index in [4.69, 9.17) is 16.3 Å². The topological polar surface area (TPSA) is 53.9 Å². The second-order valence-corrected chi connectivity index (χ2v) is 10.1. The first-order valence-corrected chi connectivity index (χ1v) is 12.1. The van der Waals surface area contributed by atoms with Crippen molar-refractivity contribution < 1.29 is 9.53 Å². The Bertz CT molecular complexity index is 1230. The van der Waals surface area contributed by atoms with Crippen LogP contribution in [-0.2, 0) is 4.79 Å². The van der Waals surface area contributed by atoms with E-state index in [0.29, 0.717) is 15.1 Å². The zero-order chi connectivity index (χ0) is 23.9. The lowest BCUT2D eigenvalue weighted by Gasteiger charge is -2.43. The second kappa shape index (κ2) is 8.92. The third-order valence-corrected chi connectivity index (χ3v) is 7.36. The molecule has 1 saturated heterocycles. The fraction of sp³-hybridized carbons (Fsp3) is 0.308. The molecule has 1 fully saturated rings. The first-order chi connectivity index (χ1) is 15.6. The van der Waals surface area contributed by atoms with Gasteiger partial charge in [0.1, 0.15) is 5.75 Å². The van der Waals surface area contributed by atoms with E-state index < -0.39 is 0 Å². The number of thioether (sulfide) groups is 1. The molecule has 2 heterocycles. The highest BCUT2D eigenvalue weighted by atomic mass is 35.5. The lowest BCUT2D eigenvalue weighted by atomic mass is 9.87. The molecule has 0 aromatic heterocycles. The summed E-state index contributed by atoms with van der Waals surface area (Å²) in [5, 5.41) is 4.03. The maximum absolute atomic E-state index is 12.7. The molecule has 0 saturated carbocycles. The van der Waals surface area contributed by atoms with Gasteiger partial charge in [0.05, 0.1) is 23.2 Å². The molecule has 0 radical (unpaired) electrons. The van der Waals surface area contributed by atoms with Crippen LogP contribution >= 0.6 is 23.4 Å². The molecular weight excluding hydrogens is 454 g/mol. The number of allylic oxidation sites excluding steroid dienone is 1. The van der Waals surface area contributed by atoms with Crippen LogP contribution in [0.15, 0.2) is 46.3 Å². The van der Waals surface area contributed by atoms with Crippen molar-refractivity contribution in [3.63, 3.8) is 0 Å². The van der Waals surface area contributed by atoms with Crippen molar-refractivity contribution in [3.8, 4) is 5.75 Å². The molecule has 4 rings (SSSR count). The molecule has 1 N–H and O–H groups in total. The van der Waals surface area contributed by atoms with Crippen LogP contribution in [0.1, 0.15) is 44.4 Å². The SMILES string of the molecule is CCN1c2cc(OC)c(/C=C3/SC(=Nc4cccc(Cl)c4C)NC3=O)cc2C(C)=CC1(C)C. The van der Waals surface area contributed by atoms with Crippen LogP contribution in [0.25, 0.3) is 11.6 Å². The van der Waals surface area contributed by atoms with Gasteiger partial charge in [0.15, 0.2) is 5.17 Å². The summed E-state index contributed by atoms with van der Waals surface area (Å²) in [5.74, 6) is 0.552. The van der Waals surface area contributed by atoms with E-state index in [-0.39, 0.29) is 11.4 Å². The Labute approximate surface area is 204 Å². The molecule has 1 amide bonds. The predicted octanol–water partition coefficient (Wildman–Crippen LogP) is 6.57. The first kappa shape index (κ1) is 23.5. The number of carbonyl (C=O) groups is 1. The number of halogens is 1. The summed E-state index contributed by atoms with van der Waals surface area (Å²) in [6, 6.07) is 9.74. The van der Waals surface area contributed by atoms with E-state index in [2.05, 4.69) is 61.1 Å². The smallest absolute Gasteiger partial charge is 0.264 e. The molecule has 0 bridgehead atoms. The van der Waals surface area contributed by atoms with E-state index >= 15 is 0 Å². The number of fused-ring (bicyclic) bond motifs is 1. The van der Waals surface area contributed by atoms with Crippen molar-refractivity contribution in [1.29, 1.82) is 0 Å². The Morgan fingerprint density at radius 1 is 1.27 bits per heavy atom. The van der Waals surface area contributed by atoms with Crippen molar-refractivity contribution in [2.75, 3.05) is 18.6 Å². The van der Waals surface area contributed by atoms with Gasteiger partial charge in [-0.2, -0.15) is 0 Å². The minimum Gasteiger partial charge on any atom is -0.496 e. The molecule has 5 nitrogen and oxygen atoms in total. The summed E-state index contributed by atoms with van der Waals surface area (Å²) >= 11 is 7.52. The molecule has 7 heteroatoms. The number of hydrogen-bond donors (Lipinski definition) is 1. The van der Waals surface area contributed by atoms with E-state index in [1.165, 1.54) is 17.3 Å². The maximum atomic E-state index is 12.7. The molecule has 2 aliphatic rings. The Morgan fingerprint density at radius 3 is 2.73 bits per heavy atom. The van der Waals surface area contributed by atoms with E-state index in [1.807, 2.05) is 31.2 Å². The number of ether oxygens (including phenoxy) is 1. The zero-order valence-corrected chi connectivity index (χ0v) is 21.3. The molecular formula is C26H28ClN3O2S. The molecule has 2 aromatic carbocycles. The van der Waals surface area contributed by atoms with Crippen LogP contribution in [0.2, 0.25) is 5.02 Å². The number of nitrogens with zero attached hydrogens (tertiary/aromatic N) is 2. The van der Waals surface area contributed by atoms with Crippen LogP contribution < -0.4 is 15.0 Å². The Kier molecular flexibility index (Phi) is 6.34. The standard InChI is InChI=1S/C26H28ClN3O2S/c1-7-30-21-13-22(32-6)17(11-18(21)15(2)14-26(30,4)5)12-23-24(31)29-25(33-23)28-20-10-8-9-19(27)16(20)3/h8-14H,7H2,1-6H3,(H,28,29,31)/b23-12+. The summed E-state index contributed by atoms with van der Waals surface area (Å²) in [6.07, 6.45) is 4.16. The van der Waals surface area contributed by atoms with Crippen molar-refractivity contribution in [3.05, 3.63) is 63.0 Å². The van der Waals surface area contributed by atoms with E-state index in [1.54, 1.807) is 7.11 Å². The van der Waals surface area contributed by atoms with Crippen LogP contribution in [-0.4, -0.2) is 30.3 Å². The summed E-state index contributed by atoms with van der Waals surface area (Å²) in [7, 11) is 1.66. The Morgan fingerprint density at radius 2 is 2.03 bits per heavy atom. The molecule has 0 aliphatic carbocycles. The Hall–Kier alpha value is -2.70. The summed E-state index contributed by atoms with van der Waals surface area (Å²) in [4.78, 5) is 20.2. The fourth-order valence-electron chi connectivity index (χ4n) is 4.44. The molecule has 0 atom stereocenters. The van der Waals surface area contributed by atoms with E-state index in [9.17, 15) is 4.79 Å². The molecule has 33 heavy (non-hydrogen) atoms. The quantitative estimate of drug-likeness (QED) is 0.502. The van der Waals surface area contributed by atoms with Crippen LogP contribution in [0.5, 0.6) is 5.75 Å². The maximum Gasteiger partial charge on any atom is 0.264 e. The van der Waals surface area contributed by atoms with Crippen molar-refractivity contribution in [2.24, 2.45) is 4.99 Å². The number of benzene rings is 2. The zero-order valence-electron chi connectivity index (χ0n) is 19.7. The predicted molar refractivity (Wildman–Crippen MR) is 141 cm³/mol. The highest BCUT2D eigenvalue weighted by Crippen LogP contribution is 2.43. The average Bonchev–Trinajstić information content (AvgIpc) is 3.09. The number of rotatable bonds is 4. The van der Waals surface area contributed by atoms with Gasteiger partial charge in [-0.15, -0.1) is 0 Å². The van der Waals surface area contributed by atoms with Gasteiger partial charge in [-0.05, 0) is 81.8 Å². The summed E-state index contributed by atoms with van der Waals surface area (Å²) in [5.41, 5.74) is 5.89. The van der Waals surface area contributed by atoms with Crippen molar-refractivity contribution in [2.45, 2.75) is 40.2 Å². The van der Waals surface area contributed by atoms with Gasteiger partial charge >= 0.3 is 0 Å². The lowest BCUT2D eigenvalue weighted by molar-refractivity contribution is -0.115. The number of likely N-dealkylation sites (N-methyl/N-ethyl adjacent to an activating group) is 1. The van der Waals surface area contributed by atoms with Gasteiger partial charge in [0, 0.05) is 34.4 Å². The Balaban J connectivity index is 1.72. The molecule has 2 aliphatic heterocycles. The monoisotopic (exact) mass is 481 g/mol. The van der Waals surface area contributed by atoms with Crippen molar-refractivity contribution in [1.82, 2.24) is 5.32 Å². The largest absolute Gasteiger partial charge is 0.496 e. The van der Waals surface area contributed by atoms with Crippen LogP contribution in [0.3, 0.4) is 0 Å². The minimum absolute atomic E-state index is 0.0815. The highest BCUT2D eigenvalue weighted by molar-refractivity contribution is 8.18. The lowest BCUT2D eigenvalue weighted by Crippen LogP contribution is -2.44. The van der Waals surface area contributed by atoms with Crippen LogP contribution in [0.4, 0.5) is 11.4 Å². The summed E-state index contributed by atoms with van der Waals surface area (Å²) in [6.45, 7) is 11.5. The van der Waals surface area contributed by atoms with Gasteiger partial charge in [0.2, 0.25) is 0 Å². The number of amidine groups is 1. The second-order valence-electron chi connectivity index (χ2n) is 8.70. The molecule has 0 spiro atoms. The minimum atomic E-state index is -0.179.